The predicted molar refractivity (Wildman–Crippen MR) is 67.5 cm³/mol. The van der Waals surface area contributed by atoms with Gasteiger partial charge in [0.05, 0.1) is 6.04 Å². The van der Waals surface area contributed by atoms with Crippen LogP contribution in [0.3, 0.4) is 0 Å². The highest BCUT2D eigenvalue weighted by atomic mass is 16.1. The lowest BCUT2D eigenvalue weighted by atomic mass is 9.95. The first-order chi connectivity index (χ1) is 7.52. The molecule has 88 valence electrons. The molecule has 0 heterocycles. The zero-order chi connectivity index (χ0) is 12.1. The zero-order valence-electron chi connectivity index (χ0n) is 10.6. The van der Waals surface area contributed by atoms with Crippen molar-refractivity contribution in [3.63, 3.8) is 0 Å². The minimum Gasteiger partial charge on any atom is -0.299 e. The molecule has 2 heteroatoms. The standard InChI is InChI=1S/C14H21NO/c1-11(2)14(16)13(15(3)4)10-12-8-6-5-7-9-12/h5-9,11,13H,10H2,1-4H3/t13-/m1/s1. The highest BCUT2D eigenvalue weighted by Crippen LogP contribution is 2.11. The van der Waals surface area contributed by atoms with Crippen molar-refractivity contribution < 1.29 is 4.79 Å². The molecule has 16 heavy (non-hydrogen) atoms. The van der Waals surface area contributed by atoms with Gasteiger partial charge in [-0.15, -0.1) is 0 Å². The van der Waals surface area contributed by atoms with E-state index in [-0.39, 0.29) is 12.0 Å². The average molecular weight is 219 g/mol. The first kappa shape index (κ1) is 12.9. The number of ketones is 1. The molecule has 0 radical (unpaired) electrons. The Morgan fingerprint density at radius 3 is 2.19 bits per heavy atom. The van der Waals surface area contributed by atoms with E-state index in [9.17, 15) is 4.79 Å². The number of hydrogen-bond acceptors (Lipinski definition) is 2. The predicted octanol–water partition coefficient (Wildman–Crippen LogP) is 2.38. The van der Waals surface area contributed by atoms with Crippen LogP contribution in [-0.4, -0.2) is 30.8 Å². The Hall–Kier alpha value is -1.15. The lowest BCUT2D eigenvalue weighted by molar-refractivity contribution is -0.126. The maximum absolute atomic E-state index is 12.0. The molecule has 1 atom stereocenters. The van der Waals surface area contributed by atoms with Crippen LogP contribution in [0.1, 0.15) is 19.4 Å². The summed E-state index contributed by atoms with van der Waals surface area (Å²) < 4.78 is 0. The number of likely N-dealkylation sites (N-methyl/N-ethyl adjacent to an activating group) is 1. The second kappa shape index (κ2) is 5.80. The Morgan fingerprint density at radius 1 is 1.19 bits per heavy atom. The summed E-state index contributed by atoms with van der Waals surface area (Å²) in [4.78, 5) is 14.1. The van der Waals surface area contributed by atoms with Gasteiger partial charge in [-0.2, -0.15) is 0 Å². The van der Waals surface area contributed by atoms with Crippen LogP contribution >= 0.6 is 0 Å². The normalized spacial score (nSPS) is 13.1. The monoisotopic (exact) mass is 219 g/mol. The second-order valence-electron chi connectivity index (χ2n) is 4.73. The first-order valence-electron chi connectivity index (χ1n) is 5.76. The SMILES string of the molecule is CC(C)C(=O)[C@@H](Cc1ccccc1)N(C)C. The van der Waals surface area contributed by atoms with Crippen molar-refractivity contribution in [1.29, 1.82) is 0 Å². The van der Waals surface area contributed by atoms with Gasteiger partial charge in [-0.25, -0.2) is 0 Å². The van der Waals surface area contributed by atoms with E-state index in [1.54, 1.807) is 0 Å². The number of rotatable bonds is 5. The molecule has 0 aliphatic rings. The first-order valence-corrected chi connectivity index (χ1v) is 5.76. The molecule has 1 aromatic carbocycles. The Morgan fingerprint density at radius 2 is 1.75 bits per heavy atom. The fourth-order valence-corrected chi connectivity index (χ4v) is 1.76. The second-order valence-corrected chi connectivity index (χ2v) is 4.73. The van der Waals surface area contributed by atoms with Gasteiger partial charge in [0, 0.05) is 5.92 Å². The molecule has 1 aromatic rings. The average Bonchev–Trinajstić information content (AvgIpc) is 2.26. The van der Waals surface area contributed by atoms with Crippen LogP contribution in [0.15, 0.2) is 30.3 Å². The molecule has 0 unspecified atom stereocenters. The molecule has 0 spiro atoms. The van der Waals surface area contributed by atoms with E-state index < -0.39 is 0 Å². The molecule has 0 aliphatic heterocycles. The van der Waals surface area contributed by atoms with Crippen LogP contribution in [0.25, 0.3) is 0 Å². The minimum atomic E-state index is -0.0117. The van der Waals surface area contributed by atoms with Gasteiger partial charge in [0.15, 0.2) is 5.78 Å². The summed E-state index contributed by atoms with van der Waals surface area (Å²) >= 11 is 0. The summed E-state index contributed by atoms with van der Waals surface area (Å²) in [5.41, 5.74) is 1.22. The summed E-state index contributed by atoms with van der Waals surface area (Å²) in [5.74, 6) is 0.407. The molecule has 0 bridgehead atoms. The van der Waals surface area contributed by atoms with Gasteiger partial charge in [0.2, 0.25) is 0 Å². The lowest BCUT2D eigenvalue weighted by Gasteiger charge is -2.24. The van der Waals surface area contributed by atoms with Crippen LogP contribution < -0.4 is 0 Å². The summed E-state index contributed by atoms with van der Waals surface area (Å²) in [7, 11) is 3.93. The number of hydrogen-bond donors (Lipinski definition) is 0. The molecule has 2 nitrogen and oxygen atoms in total. The maximum Gasteiger partial charge on any atom is 0.152 e. The largest absolute Gasteiger partial charge is 0.299 e. The van der Waals surface area contributed by atoms with Gasteiger partial charge in [-0.05, 0) is 26.1 Å². The summed E-state index contributed by atoms with van der Waals surface area (Å²) in [6, 6.07) is 10.2. The Labute approximate surface area is 98.3 Å². The topological polar surface area (TPSA) is 20.3 Å². The smallest absolute Gasteiger partial charge is 0.152 e. The van der Waals surface area contributed by atoms with Crippen LogP contribution in [0.5, 0.6) is 0 Å². The molecule has 0 saturated heterocycles. The highest BCUT2D eigenvalue weighted by molar-refractivity contribution is 5.85. The van der Waals surface area contributed by atoms with E-state index in [4.69, 9.17) is 0 Å². The van der Waals surface area contributed by atoms with E-state index in [2.05, 4.69) is 12.1 Å². The van der Waals surface area contributed by atoms with Crippen molar-refractivity contribution in [2.45, 2.75) is 26.3 Å². The van der Waals surface area contributed by atoms with Crippen molar-refractivity contribution in [3.05, 3.63) is 35.9 Å². The fourth-order valence-electron chi connectivity index (χ4n) is 1.76. The molecule has 0 aliphatic carbocycles. The maximum atomic E-state index is 12.0. The molecule has 0 aromatic heterocycles. The molecule has 0 saturated carbocycles. The van der Waals surface area contributed by atoms with Crippen LogP contribution in [0.4, 0.5) is 0 Å². The van der Waals surface area contributed by atoms with Gasteiger partial charge < -0.3 is 0 Å². The number of carbonyl (C=O) groups excluding carboxylic acids is 1. The lowest BCUT2D eigenvalue weighted by Crippen LogP contribution is -2.39. The van der Waals surface area contributed by atoms with E-state index in [1.807, 2.05) is 51.0 Å². The van der Waals surface area contributed by atoms with E-state index >= 15 is 0 Å². The quantitative estimate of drug-likeness (QED) is 0.758. The molecule has 1 rings (SSSR count). The summed E-state index contributed by atoms with van der Waals surface area (Å²) in [6.45, 7) is 3.92. The summed E-state index contributed by atoms with van der Waals surface area (Å²) in [6.07, 6.45) is 0.796. The number of carbonyl (C=O) groups is 1. The van der Waals surface area contributed by atoms with Gasteiger partial charge >= 0.3 is 0 Å². The minimum absolute atomic E-state index is 0.0117. The fraction of sp³-hybridized carbons (Fsp3) is 0.500. The van der Waals surface area contributed by atoms with E-state index in [0.717, 1.165) is 6.42 Å². The third kappa shape index (κ3) is 3.46. The van der Waals surface area contributed by atoms with Crippen LogP contribution in [0, 0.1) is 5.92 Å². The van der Waals surface area contributed by atoms with Crippen molar-refractivity contribution in [2.75, 3.05) is 14.1 Å². The van der Waals surface area contributed by atoms with Crippen LogP contribution in [0.2, 0.25) is 0 Å². The van der Waals surface area contributed by atoms with Gasteiger partial charge in [0.25, 0.3) is 0 Å². The third-order valence-electron chi connectivity index (χ3n) is 2.79. The third-order valence-corrected chi connectivity index (χ3v) is 2.79. The Bertz CT molecular complexity index is 330. The highest BCUT2D eigenvalue weighted by Gasteiger charge is 2.23. The zero-order valence-corrected chi connectivity index (χ0v) is 10.6. The van der Waals surface area contributed by atoms with Crippen molar-refractivity contribution in [3.8, 4) is 0 Å². The molecule has 0 fully saturated rings. The van der Waals surface area contributed by atoms with Crippen molar-refractivity contribution in [1.82, 2.24) is 4.90 Å². The molecular weight excluding hydrogens is 198 g/mol. The number of benzene rings is 1. The molecule has 0 N–H and O–H groups in total. The van der Waals surface area contributed by atoms with E-state index in [1.165, 1.54) is 5.56 Å². The molecule has 0 amide bonds. The number of nitrogens with zero attached hydrogens (tertiary/aromatic N) is 1. The van der Waals surface area contributed by atoms with E-state index in [0.29, 0.717) is 5.78 Å². The summed E-state index contributed by atoms with van der Waals surface area (Å²) in [5, 5.41) is 0. The van der Waals surface area contributed by atoms with Crippen molar-refractivity contribution in [2.24, 2.45) is 5.92 Å². The van der Waals surface area contributed by atoms with Gasteiger partial charge in [0.1, 0.15) is 0 Å². The molecular formula is C14H21NO. The van der Waals surface area contributed by atoms with Gasteiger partial charge in [-0.1, -0.05) is 44.2 Å². The van der Waals surface area contributed by atoms with Gasteiger partial charge in [-0.3, -0.25) is 9.69 Å². The Kier molecular flexibility index (Phi) is 4.69. The Balaban J connectivity index is 2.77. The number of Topliss-reactive ketones (excluding diaryl/α,β-unsaturated/α-hetero) is 1. The van der Waals surface area contributed by atoms with Crippen LogP contribution in [-0.2, 0) is 11.2 Å². The van der Waals surface area contributed by atoms with Crippen molar-refractivity contribution >= 4 is 5.78 Å².